The molecule has 5 heteroatoms. The monoisotopic (exact) mass is 304 g/mol. The van der Waals surface area contributed by atoms with E-state index in [2.05, 4.69) is 6.58 Å². The van der Waals surface area contributed by atoms with Gasteiger partial charge in [0.25, 0.3) is 0 Å². The summed E-state index contributed by atoms with van der Waals surface area (Å²) < 4.78 is 16.0. The lowest BCUT2D eigenvalue weighted by Gasteiger charge is -2.30. The van der Waals surface area contributed by atoms with E-state index in [1.54, 1.807) is 26.0 Å². The smallest absolute Gasteiger partial charge is 0.330 e. The number of carbonyl (C=O) groups excluding carboxylic acids is 2. The fourth-order valence-corrected chi connectivity index (χ4v) is 2.66. The largest absolute Gasteiger partial charge is 0.465 e. The van der Waals surface area contributed by atoms with Crippen LogP contribution in [0.25, 0.3) is 0 Å². The normalized spacial score (nSPS) is 19.7. The zero-order chi connectivity index (χ0) is 16.2. The van der Waals surface area contributed by atoms with Gasteiger partial charge < -0.3 is 14.2 Å². The first-order chi connectivity index (χ1) is 10.6. The van der Waals surface area contributed by atoms with Gasteiger partial charge in [-0.05, 0) is 25.0 Å². The molecular weight excluding hydrogens is 284 g/mol. The molecule has 1 aliphatic heterocycles. The fourth-order valence-electron chi connectivity index (χ4n) is 2.66. The molecule has 0 radical (unpaired) electrons. The first kappa shape index (κ1) is 16.2. The zero-order valence-corrected chi connectivity index (χ0v) is 12.8. The van der Waals surface area contributed by atoms with Crippen LogP contribution in [-0.2, 0) is 23.8 Å². The highest BCUT2D eigenvalue weighted by molar-refractivity contribution is 6.05. The average Bonchev–Trinajstić information content (AvgIpc) is 2.87. The number of carbonyl (C=O) groups is 2. The topological polar surface area (TPSA) is 61.8 Å². The van der Waals surface area contributed by atoms with Gasteiger partial charge >= 0.3 is 11.9 Å². The van der Waals surface area contributed by atoms with Crippen molar-refractivity contribution in [1.29, 1.82) is 0 Å². The lowest BCUT2D eigenvalue weighted by atomic mass is 9.75. The minimum atomic E-state index is -1.65. The number of esters is 2. The molecule has 5 nitrogen and oxygen atoms in total. The lowest BCUT2D eigenvalue weighted by Crippen LogP contribution is -2.45. The van der Waals surface area contributed by atoms with Crippen LogP contribution in [0.1, 0.15) is 25.5 Å². The Hall–Kier alpha value is -2.14. The van der Waals surface area contributed by atoms with Crippen molar-refractivity contribution in [2.75, 3.05) is 19.8 Å². The molecule has 0 aliphatic carbocycles. The van der Waals surface area contributed by atoms with E-state index in [1.165, 1.54) is 0 Å². The van der Waals surface area contributed by atoms with Crippen molar-refractivity contribution in [2.24, 2.45) is 5.41 Å². The molecular formula is C17H20O5. The third-order valence-electron chi connectivity index (χ3n) is 3.67. The third kappa shape index (κ3) is 2.52. The standard InChI is InChI=1S/C17H20O5/c1-4-20-15(18)17(16(19)21-5-2)12(3)11-22-14(17)13-9-7-6-8-10-13/h6-10,14H,3-5,11H2,1-2H3/t14-/m1/s1. The summed E-state index contributed by atoms with van der Waals surface area (Å²) in [5.41, 5.74) is -0.576. The van der Waals surface area contributed by atoms with Crippen molar-refractivity contribution >= 4 is 11.9 Å². The van der Waals surface area contributed by atoms with E-state index in [0.29, 0.717) is 11.1 Å². The Balaban J connectivity index is 2.53. The van der Waals surface area contributed by atoms with Crippen molar-refractivity contribution in [3.8, 4) is 0 Å². The third-order valence-corrected chi connectivity index (χ3v) is 3.67. The van der Waals surface area contributed by atoms with Gasteiger partial charge in [-0.3, -0.25) is 9.59 Å². The van der Waals surface area contributed by atoms with Gasteiger partial charge in [-0.2, -0.15) is 0 Å². The van der Waals surface area contributed by atoms with Crippen LogP contribution in [-0.4, -0.2) is 31.8 Å². The van der Waals surface area contributed by atoms with Gasteiger partial charge in [0.15, 0.2) is 0 Å². The van der Waals surface area contributed by atoms with E-state index in [4.69, 9.17) is 14.2 Å². The second kappa shape index (κ2) is 6.75. The molecule has 0 bridgehead atoms. The molecule has 1 aliphatic rings. The molecule has 0 spiro atoms. The van der Waals surface area contributed by atoms with Crippen LogP contribution in [0.2, 0.25) is 0 Å². The van der Waals surface area contributed by atoms with Gasteiger partial charge in [-0.1, -0.05) is 36.9 Å². The van der Waals surface area contributed by atoms with Gasteiger partial charge in [0.2, 0.25) is 5.41 Å². The van der Waals surface area contributed by atoms with Crippen molar-refractivity contribution in [2.45, 2.75) is 20.0 Å². The Morgan fingerprint density at radius 3 is 2.23 bits per heavy atom. The van der Waals surface area contributed by atoms with Crippen LogP contribution in [0.4, 0.5) is 0 Å². The van der Waals surface area contributed by atoms with Crippen LogP contribution >= 0.6 is 0 Å². The molecule has 0 amide bonds. The first-order valence-electron chi connectivity index (χ1n) is 7.28. The fraction of sp³-hybridized carbons (Fsp3) is 0.412. The molecule has 0 N–H and O–H groups in total. The summed E-state index contributed by atoms with van der Waals surface area (Å²) in [5.74, 6) is -1.35. The SMILES string of the molecule is C=C1CO[C@H](c2ccccc2)C1(C(=O)OCC)C(=O)OCC. The Labute approximate surface area is 129 Å². The van der Waals surface area contributed by atoms with Crippen LogP contribution in [0.3, 0.4) is 0 Å². The molecule has 0 unspecified atom stereocenters. The summed E-state index contributed by atoms with van der Waals surface area (Å²) in [6.07, 6.45) is -0.792. The maximum Gasteiger partial charge on any atom is 0.330 e. The van der Waals surface area contributed by atoms with E-state index in [0.717, 1.165) is 0 Å². The summed E-state index contributed by atoms with van der Waals surface area (Å²) in [6, 6.07) is 9.10. The maximum atomic E-state index is 12.6. The second-order valence-corrected chi connectivity index (χ2v) is 4.95. The molecule has 1 heterocycles. The zero-order valence-electron chi connectivity index (χ0n) is 12.8. The average molecular weight is 304 g/mol. The van der Waals surface area contributed by atoms with Crippen molar-refractivity contribution in [3.05, 3.63) is 48.0 Å². The van der Waals surface area contributed by atoms with Gasteiger partial charge in [0, 0.05) is 0 Å². The predicted molar refractivity (Wildman–Crippen MR) is 80.0 cm³/mol. The number of hydrogen-bond donors (Lipinski definition) is 0. The summed E-state index contributed by atoms with van der Waals surface area (Å²) in [7, 11) is 0. The minimum Gasteiger partial charge on any atom is -0.465 e. The Morgan fingerprint density at radius 1 is 1.18 bits per heavy atom. The predicted octanol–water partition coefficient (Wildman–Crippen LogP) is 2.43. The molecule has 2 rings (SSSR count). The van der Waals surface area contributed by atoms with E-state index in [9.17, 15) is 9.59 Å². The van der Waals surface area contributed by atoms with Gasteiger partial charge in [-0.25, -0.2) is 0 Å². The Kier molecular flexibility index (Phi) is 4.98. The van der Waals surface area contributed by atoms with Gasteiger partial charge in [0.05, 0.1) is 19.8 Å². The molecule has 0 saturated carbocycles. The summed E-state index contributed by atoms with van der Waals surface area (Å²) in [5, 5.41) is 0. The summed E-state index contributed by atoms with van der Waals surface area (Å²) in [4.78, 5) is 25.2. The van der Waals surface area contributed by atoms with Crippen LogP contribution < -0.4 is 0 Å². The Morgan fingerprint density at radius 2 is 1.73 bits per heavy atom. The number of hydrogen-bond acceptors (Lipinski definition) is 5. The quantitative estimate of drug-likeness (QED) is 0.475. The number of benzene rings is 1. The highest BCUT2D eigenvalue weighted by atomic mass is 16.6. The van der Waals surface area contributed by atoms with E-state index < -0.39 is 23.5 Å². The molecule has 1 aromatic rings. The van der Waals surface area contributed by atoms with E-state index in [1.807, 2.05) is 18.2 Å². The second-order valence-electron chi connectivity index (χ2n) is 4.95. The summed E-state index contributed by atoms with van der Waals surface area (Å²) >= 11 is 0. The van der Waals surface area contributed by atoms with E-state index in [-0.39, 0.29) is 19.8 Å². The first-order valence-corrected chi connectivity index (χ1v) is 7.28. The lowest BCUT2D eigenvalue weighted by molar-refractivity contribution is -0.174. The summed E-state index contributed by atoms with van der Waals surface area (Å²) in [6.45, 7) is 7.67. The molecule has 1 atom stereocenters. The van der Waals surface area contributed by atoms with Gasteiger partial charge in [0.1, 0.15) is 6.10 Å². The van der Waals surface area contributed by atoms with E-state index >= 15 is 0 Å². The molecule has 118 valence electrons. The van der Waals surface area contributed by atoms with Crippen LogP contribution in [0.5, 0.6) is 0 Å². The molecule has 0 aromatic heterocycles. The maximum absolute atomic E-state index is 12.6. The molecule has 1 saturated heterocycles. The van der Waals surface area contributed by atoms with Crippen molar-refractivity contribution in [3.63, 3.8) is 0 Å². The highest BCUT2D eigenvalue weighted by Crippen LogP contribution is 2.50. The Bertz CT molecular complexity index is 546. The molecule has 1 aromatic carbocycles. The van der Waals surface area contributed by atoms with Crippen LogP contribution in [0.15, 0.2) is 42.5 Å². The number of rotatable bonds is 5. The van der Waals surface area contributed by atoms with Crippen molar-refractivity contribution in [1.82, 2.24) is 0 Å². The highest BCUT2D eigenvalue weighted by Gasteiger charge is 2.61. The van der Waals surface area contributed by atoms with Crippen LogP contribution in [0, 0.1) is 5.41 Å². The number of ether oxygens (including phenoxy) is 3. The van der Waals surface area contributed by atoms with Gasteiger partial charge in [-0.15, -0.1) is 0 Å². The minimum absolute atomic E-state index is 0.108. The van der Waals surface area contributed by atoms with Crippen molar-refractivity contribution < 1.29 is 23.8 Å². The molecule has 1 fully saturated rings. The molecule has 22 heavy (non-hydrogen) atoms.